The standard InChI is InChI=1S/C8H12N2O2/c1-12-8-4-10-3-2-6(8)7(9)5-11/h2-4,7,11H,5,9H2,1H3. The summed E-state index contributed by atoms with van der Waals surface area (Å²) in [7, 11) is 1.55. The van der Waals surface area contributed by atoms with Crippen LogP contribution in [0.5, 0.6) is 5.75 Å². The maximum absolute atomic E-state index is 8.81. The van der Waals surface area contributed by atoms with Crippen LogP contribution in [0.1, 0.15) is 11.6 Å². The third kappa shape index (κ3) is 1.72. The summed E-state index contributed by atoms with van der Waals surface area (Å²) in [6, 6.07) is 1.34. The van der Waals surface area contributed by atoms with E-state index in [4.69, 9.17) is 15.6 Å². The van der Waals surface area contributed by atoms with Crippen molar-refractivity contribution in [1.82, 2.24) is 4.98 Å². The number of methoxy groups -OCH3 is 1. The van der Waals surface area contributed by atoms with E-state index in [1.807, 2.05) is 0 Å². The van der Waals surface area contributed by atoms with Gasteiger partial charge in [0.05, 0.1) is 26.0 Å². The number of aliphatic hydroxyl groups excluding tert-OH is 1. The van der Waals surface area contributed by atoms with E-state index in [9.17, 15) is 0 Å². The first-order valence-corrected chi connectivity index (χ1v) is 3.64. The highest BCUT2D eigenvalue weighted by Crippen LogP contribution is 2.21. The Morgan fingerprint density at radius 1 is 1.75 bits per heavy atom. The van der Waals surface area contributed by atoms with Crippen LogP contribution in [0.2, 0.25) is 0 Å². The van der Waals surface area contributed by atoms with E-state index in [0.29, 0.717) is 5.75 Å². The lowest BCUT2D eigenvalue weighted by Crippen LogP contribution is -2.15. The SMILES string of the molecule is COc1cnccc1C(N)CO. The predicted molar refractivity (Wildman–Crippen MR) is 44.8 cm³/mol. The molecule has 0 aliphatic heterocycles. The van der Waals surface area contributed by atoms with Crippen molar-refractivity contribution >= 4 is 0 Å². The average molecular weight is 168 g/mol. The molecule has 1 rings (SSSR count). The highest BCUT2D eigenvalue weighted by Gasteiger charge is 2.09. The lowest BCUT2D eigenvalue weighted by atomic mass is 10.1. The molecule has 4 heteroatoms. The van der Waals surface area contributed by atoms with Gasteiger partial charge in [0.15, 0.2) is 0 Å². The molecule has 0 aliphatic carbocycles. The highest BCUT2D eigenvalue weighted by atomic mass is 16.5. The van der Waals surface area contributed by atoms with Gasteiger partial charge in [0, 0.05) is 11.8 Å². The Balaban J connectivity index is 2.96. The second kappa shape index (κ2) is 4.04. The fraction of sp³-hybridized carbons (Fsp3) is 0.375. The summed E-state index contributed by atoms with van der Waals surface area (Å²) in [5.41, 5.74) is 6.39. The Labute approximate surface area is 71.0 Å². The molecule has 0 radical (unpaired) electrons. The molecule has 0 bridgehead atoms. The van der Waals surface area contributed by atoms with Gasteiger partial charge in [-0.2, -0.15) is 0 Å². The molecule has 3 N–H and O–H groups in total. The van der Waals surface area contributed by atoms with Crippen LogP contribution in [0.25, 0.3) is 0 Å². The number of pyridine rings is 1. The molecular weight excluding hydrogens is 156 g/mol. The fourth-order valence-corrected chi connectivity index (χ4v) is 0.966. The van der Waals surface area contributed by atoms with Crippen LogP contribution in [-0.2, 0) is 0 Å². The smallest absolute Gasteiger partial charge is 0.141 e. The van der Waals surface area contributed by atoms with Crippen LogP contribution in [0.3, 0.4) is 0 Å². The topological polar surface area (TPSA) is 68.4 Å². The van der Waals surface area contributed by atoms with Gasteiger partial charge in [-0.1, -0.05) is 0 Å². The van der Waals surface area contributed by atoms with Gasteiger partial charge >= 0.3 is 0 Å². The molecule has 0 spiro atoms. The van der Waals surface area contributed by atoms with Gasteiger partial charge in [-0.3, -0.25) is 4.98 Å². The summed E-state index contributed by atoms with van der Waals surface area (Å²) in [6.07, 6.45) is 3.19. The third-order valence-corrected chi connectivity index (χ3v) is 1.63. The fourth-order valence-electron chi connectivity index (χ4n) is 0.966. The van der Waals surface area contributed by atoms with Crippen molar-refractivity contribution in [2.45, 2.75) is 6.04 Å². The normalized spacial score (nSPS) is 12.6. The number of hydrogen-bond donors (Lipinski definition) is 2. The Kier molecular flexibility index (Phi) is 3.01. The predicted octanol–water partition coefficient (Wildman–Crippen LogP) is 0.0823. The van der Waals surface area contributed by atoms with E-state index in [1.54, 1.807) is 25.6 Å². The Morgan fingerprint density at radius 2 is 2.50 bits per heavy atom. The minimum Gasteiger partial charge on any atom is -0.495 e. The Morgan fingerprint density at radius 3 is 3.08 bits per heavy atom. The second-order valence-corrected chi connectivity index (χ2v) is 2.41. The molecule has 0 aromatic carbocycles. The molecule has 12 heavy (non-hydrogen) atoms. The van der Waals surface area contributed by atoms with Crippen LogP contribution in [0, 0.1) is 0 Å². The number of nitrogens with zero attached hydrogens (tertiary/aromatic N) is 1. The zero-order valence-electron chi connectivity index (χ0n) is 6.90. The lowest BCUT2D eigenvalue weighted by Gasteiger charge is -2.11. The van der Waals surface area contributed by atoms with Gasteiger partial charge in [-0.25, -0.2) is 0 Å². The van der Waals surface area contributed by atoms with Gasteiger partial charge in [-0.05, 0) is 6.07 Å². The van der Waals surface area contributed by atoms with Crippen molar-refractivity contribution < 1.29 is 9.84 Å². The number of rotatable bonds is 3. The monoisotopic (exact) mass is 168 g/mol. The summed E-state index contributed by atoms with van der Waals surface area (Å²) < 4.78 is 5.01. The number of aliphatic hydroxyl groups is 1. The summed E-state index contributed by atoms with van der Waals surface area (Å²) in [5, 5.41) is 8.81. The van der Waals surface area contributed by atoms with Gasteiger partial charge < -0.3 is 15.6 Å². The molecule has 0 saturated carbocycles. The zero-order valence-corrected chi connectivity index (χ0v) is 6.90. The number of nitrogens with two attached hydrogens (primary N) is 1. The van der Waals surface area contributed by atoms with Gasteiger partial charge in [-0.15, -0.1) is 0 Å². The molecular formula is C8H12N2O2. The van der Waals surface area contributed by atoms with Crippen LogP contribution in [-0.4, -0.2) is 23.8 Å². The Hall–Kier alpha value is -1.13. The minimum absolute atomic E-state index is 0.0969. The van der Waals surface area contributed by atoms with Crippen LogP contribution in [0.15, 0.2) is 18.5 Å². The summed E-state index contributed by atoms with van der Waals surface area (Å²) in [4.78, 5) is 3.87. The average Bonchev–Trinajstić information content (AvgIpc) is 2.16. The first-order valence-electron chi connectivity index (χ1n) is 3.64. The summed E-state index contributed by atoms with van der Waals surface area (Å²) >= 11 is 0. The van der Waals surface area contributed by atoms with Crippen molar-refractivity contribution in [2.24, 2.45) is 5.73 Å². The lowest BCUT2D eigenvalue weighted by molar-refractivity contribution is 0.264. The number of hydrogen-bond acceptors (Lipinski definition) is 4. The summed E-state index contributed by atoms with van der Waals surface area (Å²) in [5.74, 6) is 0.610. The van der Waals surface area contributed by atoms with E-state index in [-0.39, 0.29) is 6.61 Å². The highest BCUT2D eigenvalue weighted by molar-refractivity contribution is 5.32. The number of ether oxygens (including phenoxy) is 1. The van der Waals surface area contributed by atoms with Crippen LogP contribution < -0.4 is 10.5 Å². The van der Waals surface area contributed by atoms with Crippen LogP contribution >= 0.6 is 0 Å². The molecule has 1 unspecified atom stereocenters. The molecule has 0 saturated heterocycles. The second-order valence-electron chi connectivity index (χ2n) is 2.41. The van der Waals surface area contributed by atoms with Crippen molar-refractivity contribution in [1.29, 1.82) is 0 Å². The van der Waals surface area contributed by atoms with Gasteiger partial charge in [0.2, 0.25) is 0 Å². The van der Waals surface area contributed by atoms with E-state index in [0.717, 1.165) is 5.56 Å². The van der Waals surface area contributed by atoms with E-state index in [2.05, 4.69) is 4.98 Å². The van der Waals surface area contributed by atoms with E-state index < -0.39 is 6.04 Å². The zero-order chi connectivity index (χ0) is 8.97. The Bertz CT molecular complexity index is 253. The molecule has 1 aromatic heterocycles. The van der Waals surface area contributed by atoms with Crippen molar-refractivity contribution in [2.75, 3.05) is 13.7 Å². The van der Waals surface area contributed by atoms with Gasteiger partial charge in [0.1, 0.15) is 5.75 Å². The maximum Gasteiger partial charge on any atom is 0.141 e. The van der Waals surface area contributed by atoms with Crippen molar-refractivity contribution in [3.05, 3.63) is 24.0 Å². The molecule has 4 nitrogen and oxygen atoms in total. The van der Waals surface area contributed by atoms with Gasteiger partial charge in [0.25, 0.3) is 0 Å². The molecule has 0 amide bonds. The first kappa shape index (κ1) is 8.96. The van der Waals surface area contributed by atoms with Crippen molar-refractivity contribution in [3.63, 3.8) is 0 Å². The molecule has 1 heterocycles. The minimum atomic E-state index is -0.400. The molecule has 0 aliphatic rings. The largest absolute Gasteiger partial charge is 0.495 e. The summed E-state index contributed by atoms with van der Waals surface area (Å²) in [6.45, 7) is -0.0969. The molecule has 0 fully saturated rings. The maximum atomic E-state index is 8.81. The quantitative estimate of drug-likeness (QED) is 0.670. The number of aromatic nitrogens is 1. The molecule has 1 atom stereocenters. The third-order valence-electron chi connectivity index (χ3n) is 1.63. The molecule has 66 valence electrons. The van der Waals surface area contributed by atoms with E-state index in [1.165, 1.54) is 0 Å². The van der Waals surface area contributed by atoms with Crippen molar-refractivity contribution in [3.8, 4) is 5.75 Å². The first-order chi connectivity index (χ1) is 5.79. The van der Waals surface area contributed by atoms with Crippen LogP contribution in [0.4, 0.5) is 0 Å². The molecule has 1 aromatic rings. The van der Waals surface area contributed by atoms with E-state index >= 15 is 0 Å².